The number of carboxylic acids is 1. The van der Waals surface area contributed by atoms with Crippen LogP contribution in [0, 0.1) is 5.82 Å². The molecule has 0 aromatic heterocycles. The number of nitrogens with one attached hydrogen (secondary N) is 1. The first-order valence-electron chi connectivity index (χ1n) is 9.62. The lowest BCUT2D eigenvalue weighted by Crippen LogP contribution is -2.43. The Morgan fingerprint density at radius 2 is 1.86 bits per heavy atom. The Labute approximate surface area is 163 Å². The quantitative estimate of drug-likeness (QED) is 0.752. The summed E-state index contributed by atoms with van der Waals surface area (Å²) in [6, 6.07) is 6.35. The number of carboxylic acid groups (broad SMARTS) is 1. The lowest BCUT2D eigenvalue weighted by atomic mass is 9.86. The van der Waals surface area contributed by atoms with Gasteiger partial charge in [-0.3, -0.25) is 14.4 Å². The van der Waals surface area contributed by atoms with E-state index in [1.165, 1.54) is 12.1 Å². The zero-order valence-corrected chi connectivity index (χ0v) is 15.7. The van der Waals surface area contributed by atoms with E-state index < -0.39 is 11.5 Å². The summed E-state index contributed by atoms with van der Waals surface area (Å²) in [5.41, 5.74) is 1.48. The molecule has 0 spiro atoms. The van der Waals surface area contributed by atoms with Crippen LogP contribution in [-0.2, 0) is 14.4 Å². The third kappa shape index (κ3) is 4.97. The minimum absolute atomic E-state index is 0.00487. The molecule has 0 radical (unpaired) electrons. The number of aliphatic carboxylic acids is 1. The van der Waals surface area contributed by atoms with Crippen LogP contribution in [-0.4, -0.2) is 46.4 Å². The van der Waals surface area contributed by atoms with Crippen molar-refractivity contribution in [1.82, 2.24) is 10.2 Å². The van der Waals surface area contributed by atoms with Crippen molar-refractivity contribution in [2.45, 2.75) is 50.5 Å². The molecule has 0 aliphatic carbocycles. The van der Waals surface area contributed by atoms with Crippen LogP contribution in [0.4, 0.5) is 4.39 Å². The Hall–Kier alpha value is -2.70. The highest BCUT2D eigenvalue weighted by Crippen LogP contribution is 2.31. The van der Waals surface area contributed by atoms with Gasteiger partial charge in [-0.2, -0.15) is 0 Å². The molecule has 0 bridgehead atoms. The molecule has 3 rings (SSSR count). The van der Waals surface area contributed by atoms with Crippen molar-refractivity contribution in [2.24, 2.45) is 0 Å². The Kier molecular flexibility index (Phi) is 6.11. The van der Waals surface area contributed by atoms with Crippen LogP contribution < -0.4 is 5.32 Å². The first-order valence-corrected chi connectivity index (χ1v) is 9.62. The molecule has 7 heteroatoms. The highest BCUT2D eigenvalue weighted by molar-refractivity contribution is 5.81. The number of rotatable bonds is 7. The van der Waals surface area contributed by atoms with E-state index in [9.17, 15) is 18.8 Å². The molecular formula is C21H25FN2O4. The fraction of sp³-hybridized carbons (Fsp3) is 0.476. The molecule has 2 aliphatic heterocycles. The molecule has 28 heavy (non-hydrogen) atoms. The number of benzene rings is 1. The van der Waals surface area contributed by atoms with Gasteiger partial charge < -0.3 is 15.3 Å². The topological polar surface area (TPSA) is 86.7 Å². The molecule has 2 heterocycles. The van der Waals surface area contributed by atoms with E-state index in [2.05, 4.69) is 5.32 Å². The Morgan fingerprint density at radius 3 is 2.43 bits per heavy atom. The van der Waals surface area contributed by atoms with Crippen molar-refractivity contribution < 1.29 is 23.9 Å². The van der Waals surface area contributed by atoms with Gasteiger partial charge >= 0.3 is 5.97 Å². The van der Waals surface area contributed by atoms with Crippen LogP contribution in [0.15, 0.2) is 30.3 Å². The van der Waals surface area contributed by atoms with Gasteiger partial charge in [0.25, 0.3) is 0 Å². The minimum atomic E-state index is -0.902. The van der Waals surface area contributed by atoms with E-state index in [0.29, 0.717) is 45.2 Å². The van der Waals surface area contributed by atoms with Crippen LogP contribution in [0.5, 0.6) is 0 Å². The largest absolute Gasteiger partial charge is 0.481 e. The molecule has 1 atom stereocenters. The average Bonchev–Trinajstić information content (AvgIpc) is 3.07. The highest BCUT2D eigenvalue weighted by Gasteiger charge is 2.38. The van der Waals surface area contributed by atoms with Crippen LogP contribution in [0.2, 0.25) is 0 Å². The summed E-state index contributed by atoms with van der Waals surface area (Å²) >= 11 is 0. The molecule has 0 unspecified atom stereocenters. The number of amides is 2. The predicted octanol–water partition coefficient (Wildman–Crippen LogP) is 2.74. The number of nitrogens with zero attached hydrogens (tertiary/aromatic N) is 1. The molecule has 1 aromatic rings. The van der Waals surface area contributed by atoms with Gasteiger partial charge in [0.2, 0.25) is 11.8 Å². The van der Waals surface area contributed by atoms with Gasteiger partial charge in [0.1, 0.15) is 5.82 Å². The van der Waals surface area contributed by atoms with Crippen molar-refractivity contribution in [3.05, 3.63) is 41.7 Å². The van der Waals surface area contributed by atoms with Crippen LogP contribution in [0.25, 0.3) is 5.57 Å². The summed E-state index contributed by atoms with van der Waals surface area (Å²) < 4.78 is 13.1. The summed E-state index contributed by atoms with van der Waals surface area (Å²) in [4.78, 5) is 37.0. The maximum absolute atomic E-state index is 13.1. The second kappa shape index (κ2) is 8.54. The average molecular weight is 388 g/mol. The molecule has 0 saturated carbocycles. The van der Waals surface area contributed by atoms with E-state index >= 15 is 0 Å². The Balaban J connectivity index is 1.55. The third-order valence-electron chi connectivity index (χ3n) is 5.65. The number of hydrogen-bond donors (Lipinski definition) is 2. The summed E-state index contributed by atoms with van der Waals surface area (Å²) in [5.74, 6) is -1.25. The SMILES string of the molecule is O=C(O)CC[C@]1(CCC(=O)N2CC=C(c3ccc(F)cc3)CC2)CCC(=O)N1. The summed E-state index contributed by atoms with van der Waals surface area (Å²) in [6.45, 7) is 1.09. The third-order valence-corrected chi connectivity index (χ3v) is 5.65. The normalized spacial score (nSPS) is 22.0. The molecule has 2 N–H and O–H groups in total. The summed E-state index contributed by atoms with van der Waals surface area (Å²) in [6.07, 6.45) is 4.69. The summed E-state index contributed by atoms with van der Waals surface area (Å²) in [7, 11) is 0. The first kappa shape index (κ1) is 20.0. The molecule has 1 fully saturated rings. The lowest BCUT2D eigenvalue weighted by molar-refractivity contribution is -0.137. The Bertz CT molecular complexity index is 790. The first-order chi connectivity index (χ1) is 13.4. The van der Waals surface area contributed by atoms with E-state index in [0.717, 1.165) is 11.1 Å². The molecular weight excluding hydrogens is 363 g/mol. The van der Waals surface area contributed by atoms with Gasteiger partial charge in [0, 0.05) is 37.9 Å². The number of hydrogen-bond acceptors (Lipinski definition) is 3. The standard InChI is InChI=1S/C21H25FN2O4/c22-17-3-1-15(2-4-17)16-8-13-24(14-9-16)19(26)6-11-21(12-7-20(27)28)10-5-18(25)23-21/h1-4,8H,5-7,9-14H2,(H,23,25)(H,27,28)/t21-/m1/s1. The van der Waals surface area contributed by atoms with Gasteiger partial charge in [0.15, 0.2) is 0 Å². The molecule has 2 amide bonds. The van der Waals surface area contributed by atoms with E-state index in [1.54, 1.807) is 17.0 Å². The second-order valence-corrected chi connectivity index (χ2v) is 7.55. The van der Waals surface area contributed by atoms with Crippen molar-refractivity contribution in [2.75, 3.05) is 13.1 Å². The molecule has 1 saturated heterocycles. The van der Waals surface area contributed by atoms with Gasteiger partial charge in [-0.1, -0.05) is 18.2 Å². The maximum Gasteiger partial charge on any atom is 0.303 e. The van der Waals surface area contributed by atoms with E-state index in [4.69, 9.17) is 5.11 Å². The van der Waals surface area contributed by atoms with Crippen molar-refractivity contribution in [3.63, 3.8) is 0 Å². The lowest BCUT2D eigenvalue weighted by Gasteiger charge is -2.31. The van der Waals surface area contributed by atoms with Crippen LogP contribution in [0.3, 0.4) is 0 Å². The molecule has 2 aliphatic rings. The number of halogens is 1. The van der Waals surface area contributed by atoms with Crippen LogP contribution >= 0.6 is 0 Å². The number of carbonyl (C=O) groups excluding carboxylic acids is 2. The minimum Gasteiger partial charge on any atom is -0.481 e. The monoisotopic (exact) mass is 388 g/mol. The zero-order valence-electron chi connectivity index (χ0n) is 15.7. The smallest absolute Gasteiger partial charge is 0.303 e. The van der Waals surface area contributed by atoms with E-state index in [-0.39, 0.29) is 30.5 Å². The van der Waals surface area contributed by atoms with Gasteiger partial charge in [-0.15, -0.1) is 0 Å². The number of carbonyl (C=O) groups is 3. The van der Waals surface area contributed by atoms with Crippen molar-refractivity contribution in [1.29, 1.82) is 0 Å². The Morgan fingerprint density at radius 1 is 1.14 bits per heavy atom. The summed E-state index contributed by atoms with van der Waals surface area (Å²) in [5, 5.41) is 11.9. The van der Waals surface area contributed by atoms with Crippen molar-refractivity contribution >= 4 is 23.4 Å². The molecule has 6 nitrogen and oxygen atoms in total. The maximum atomic E-state index is 13.1. The van der Waals surface area contributed by atoms with Gasteiger partial charge in [0.05, 0.1) is 0 Å². The van der Waals surface area contributed by atoms with Crippen LogP contribution in [0.1, 0.15) is 50.5 Å². The van der Waals surface area contributed by atoms with Gasteiger partial charge in [-0.25, -0.2) is 4.39 Å². The predicted molar refractivity (Wildman–Crippen MR) is 102 cm³/mol. The zero-order chi connectivity index (χ0) is 20.1. The molecule has 1 aromatic carbocycles. The fourth-order valence-electron chi connectivity index (χ4n) is 3.95. The fourth-order valence-corrected chi connectivity index (χ4v) is 3.95. The second-order valence-electron chi connectivity index (χ2n) is 7.55. The van der Waals surface area contributed by atoms with Crippen molar-refractivity contribution in [3.8, 4) is 0 Å². The van der Waals surface area contributed by atoms with Gasteiger partial charge in [-0.05, 0) is 49.0 Å². The highest BCUT2D eigenvalue weighted by atomic mass is 19.1. The van der Waals surface area contributed by atoms with E-state index in [1.807, 2.05) is 6.08 Å². The molecule has 150 valence electrons.